The molecule has 3 rings (SSSR count). The Morgan fingerprint density at radius 2 is 2.12 bits per heavy atom. The number of anilines is 1. The molecule has 2 aromatic heterocycles. The third kappa shape index (κ3) is 3.16. The van der Waals surface area contributed by atoms with Crippen LogP contribution in [0.1, 0.15) is 11.1 Å². The Labute approximate surface area is 143 Å². The first kappa shape index (κ1) is 15.8. The Hall–Kier alpha value is -3.05. The number of thioether (sulfide) groups is 1. The SMILES string of the molecule is CSc1nc(Oc2cccc(C)c2)cc(-n2ncc(C#N)c2N)n1. The van der Waals surface area contributed by atoms with Crippen molar-refractivity contribution >= 4 is 17.6 Å². The first-order valence-corrected chi connectivity index (χ1v) is 8.24. The lowest BCUT2D eigenvalue weighted by Crippen LogP contribution is -2.06. The van der Waals surface area contributed by atoms with Crippen LogP contribution >= 0.6 is 11.8 Å². The highest BCUT2D eigenvalue weighted by molar-refractivity contribution is 7.98. The van der Waals surface area contributed by atoms with Gasteiger partial charge in [0.1, 0.15) is 23.2 Å². The molecule has 1 aromatic carbocycles. The lowest BCUT2D eigenvalue weighted by atomic mass is 10.2. The normalized spacial score (nSPS) is 10.4. The molecule has 24 heavy (non-hydrogen) atoms. The molecule has 2 N–H and O–H groups in total. The average molecular weight is 338 g/mol. The summed E-state index contributed by atoms with van der Waals surface area (Å²) in [4.78, 5) is 8.71. The zero-order valence-corrected chi connectivity index (χ0v) is 13.9. The number of nitrogen functional groups attached to an aromatic ring is 1. The molecular formula is C16H14N6OS. The van der Waals surface area contributed by atoms with E-state index >= 15 is 0 Å². The summed E-state index contributed by atoms with van der Waals surface area (Å²) in [5, 5.41) is 13.6. The van der Waals surface area contributed by atoms with E-state index in [-0.39, 0.29) is 5.82 Å². The number of ether oxygens (including phenoxy) is 1. The van der Waals surface area contributed by atoms with Gasteiger partial charge in [0.05, 0.1) is 6.20 Å². The van der Waals surface area contributed by atoms with Gasteiger partial charge in [-0.05, 0) is 30.9 Å². The van der Waals surface area contributed by atoms with Gasteiger partial charge in [0.25, 0.3) is 0 Å². The van der Waals surface area contributed by atoms with E-state index in [9.17, 15) is 0 Å². The molecule has 0 bridgehead atoms. The van der Waals surface area contributed by atoms with Crippen LogP contribution in [-0.4, -0.2) is 26.0 Å². The van der Waals surface area contributed by atoms with Crippen LogP contribution in [0.25, 0.3) is 5.82 Å². The molecule has 8 heteroatoms. The smallest absolute Gasteiger partial charge is 0.225 e. The van der Waals surface area contributed by atoms with E-state index < -0.39 is 0 Å². The molecule has 0 fully saturated rings. The Bertz CT molecular complexity index is 931. The second-order valence-electron chi connectivity index (χ2n) is 4.94. The lowest BCUT2D eigenvalue weighted by Gasteiger charge is -2.09. The van der Waals surface area contributed by atoms with Crippen molar-refractivity contribution in [1.29, 1.82) is 5.26 Å². The highest BCUT2D eigenvalue weighted by atomic mass is 32.2. The number of hydrogen-bond acceptors (Lipinski definition) is 7. The van der Waals surface area contributed by atoms with E-state index in [0.29, 0.717) is 28.2 Å². The fraction of sp³-hybridized carbons (Fsp3) is 0.125. The van der Waals surface area contributed by atoms with Gasteiger partial charge in [-0.25, -0.2) is 4.98 Å². The summed E-state index contributed by atoms with van der Waals surface area (Å²) in [6, 6.07) is 11.3. The summed E-state index contributed by atoms with van der Waals surface area (Å²) < 4.78 is 7.22. The van der Waals surface area contributed by atoms with E-state index in [4.69, 9.17) is 15.7 Å². The molecule has 0 atom stereocenters. The fourth-order valence-electron chi connectivity index (χ4n) is 2.07. The Morgan fingerprint density at radius 3 is 2.79 bits per heavy atom. The molecule has 0 aliphatic rings. The number of nitrogens with zero attached hydrogens (tertiary/aromatic N) is 5. The van der Waals surface area contributed by atoms with E-state index in [2.05, 4.69) is 15.1 Å². The van der Waals surface area contributed by atoms with Crippen molar-refractivity contribution in [2.45, 2.75) is 12.1 Å². The summed E-state index contributed by atoms with van der Waals surface area (Å²) >= 11 is 1.37. The van der Waals surface area contributed by atoms with Gasteiger partial charge < -0.3 is 10.5 Å². The number of aromatic nitrogens is 4. The third-order valence-corrected chi connectivity index (χ3v) is 3.75. The summed E-state index contributed by atoms with van der Waals surface area (Å²) in [6.07, 6.45) is 3.26. The van der Waals surface area contributed by atoms with E-state index in [1.165, 1.54) is 22.6 Å². The molecule has 0 saturated heterocycles. The van der Waals surface area contributed by atoms with Crippen molar-refractivity contribution in [2.75, 3.05) is 12.0 Å². The number of aryl methyl sites for hydroxylation is 1. The van der Waals surface area contributed by atoms with Crippen LogP contribution in [-0.2, 0) is 0 Å². The van der Waals surface area contributed by atoms with Gasteiger partial charge in [0.2, 0.25) is 5.88 Å². The molecular weight excluding hydrogens is 324 g/mol. The first-order valence-electron chi connectivity index (χ1n) is 7.02. The Kier molecular flexibility index (Phi) is 4.35. The molecule has 120 valence electrons. The third-order valence-electron chi connectivity index (χ3n) is 3.21. The van der Waals surface area contributed by atoms with Crippen LogP contribution in [0.15, 0.2) is 41.7 Å². The number of nitriles is 1. The summed E-state index contributed by atoms with van der Waals surface area (Å²) in [7, 11) is 0. The summed E-state index contributed by atoms with van der Waals surface area (Å²) in [5.74, 6) is 1.72. The van der Waals surface area contributed by atoms with E-state index in [1.54, 1.807) is 6.07 Å². The largest absolute Gasteiger partial charge is 0.439 e. The second-order valence-corrected chi connectivity index (χ2v) is 5.71. The zero-order chi connectivity index (χ0) is 17.1. The molecule has 0 unspecified atom stereocenters. The predicted molar refractivity (Wildman–Crippen MR) is 91.3 cm³/mol. The van der Waals surface area contributed by atoms with Crippen LogP contribution in [0.3, 0.4) is 0 Å². The number of nitrogens with two attached hydrogens (primary N) is 1. The summed E-state index contributed by atoms with van der Waals surface area (Å²) in [5.41, 5.74) is 7.31. The molecule has 2 heterocycles. The highest BCUT2D eigenvalue weighted by Crippen LogP contribution is 2.25. The maximum atomic E-state index is 9.01. The van der Waals surface area contributed by atoms with Crippen molar-refractivity contribution in [3.8, 4) is 23.5 Å². The van der Waals surface area contributed by atoms with Crippen molar-refractivity contribution in [3.63, 3.8) is 0 Å². The number of rotatable bonds is 4. The molecule has 0 spiro atoms. The van der Waals surface area contributed by atoms with Gasteiger partial charge in [0, 0.05) is 6.07 Å². The van der Waals surface area contributed by atoms with Crippen molar-refractivity contribution in [1.82, 2.24) is 19.7 Å². The van der Waals surface area contributed by atoms with E-state index in [0.717, 1.165) is 5.56 Å². The standard InChI is InChI=1S/C16H14N6OS/c1-10-4-3-5-12(6-10)23-14-7-13(20-16(21-14)24-2)22-15(18)11(8-17)9-19-22/h3-7,9H,18H2,1-2H3. The lowest BCUT2D eigenvalue weighted by molar-refractivity contribution is 0.454. The van der Waals surface area contributed by atoms with Crippen LogP contribution < -0.4 is 10.5 Å². The van der Waals surface area contributed by atoms with Gasteiger partial charge in [0.15, 0.2) is 11.0 Å². The predicted octanol–water partition coefficient (Wildman–Crippen LogP) is 2.94. The Morgan fingerprint density at radius 1 is 1.29 bits per heavy atom. The van der Waals surface area contributed by atoms with Gasteiger partial charge in [-0.15, -0.1) is 0 Å². The highest BCUT2D eigenvalue weighted by Gasteiger charge is 2.13. The van der Waals surface area contributed by atoms with Gasteiger partial charge in [-0.2, -0.15) is 20.0 Å². The maximum absolute atomic E-state index is 9.01. The van der Waals surface area contributed by atoms with Gasteiger partial charge in [-0.1, -0.05) is 23.9 Å². The molecule has 0 saturated carbocycles. The number of benzene rings is 1. The molecule has 0 amide bonds. The van der Waals surface area contributed by atoms with Crippen LogP contribution in [0.2, 0.25) is 0 Å². The molecule has 7 nitrogen and oxygen atoms in total. The monoisotopic (exact) mass is 338 g/mol. The van der Waals surface area contributed by atoms with Crippen LogP contribution in [0.4, 0.5) is 5.82 Å². The molecule has 3 aromatic rings. The van der Waals surface area contributed by atoms with Crippen molar-refractivity contribution < 1.29 is 4.74 Å². The van der Waals surface area contributed by atoms with Gasteiger partial charge in [-0.3, -0.25) is 0 Å². The summed E-state index contributed by atoms with van der Waals surface area (Å²) in [6.45, 7) is 1.99. The molecule has 0 radical (unpaired) electrons. The topological polar surface area (TPSA) is 103 Å². The second kappa shape index (κ2) is 6.60. The van der Waals surface area contributed by atoms with Gasteiger partial charge >= 0.3 is 0 Å². The van der Waals surface area contributed by atoms with E-state index in [1.807, 2.05) is 43.5 Å². The average Bonchev–Trinajstić information content (AvgIpc) is 2.95. The Balaban J connectivity index is 2.02. The molecule has 0 aliphatic carbocycles. The van der Waals surface area contributed by atoms with Crippen molar-refractivity contribution in [3.05, 3.63) is 47.7 Å². The maximum Gasteiger partial charge on any atom is 0.225 e. The van der Waals surface area contributed by atoms with Crippen molar-refractivity contribution in [2.24, 2.45) is 0 Å². The van der Waals surface area contributed by atoms with Crippen LogP contribution in [0, 0.1) is 18.3 Å². The number of hydrogen-bond donors (Lipinski definition) is 1. The fourth-order valence-corrected chi connectivity index (χ4v) is 2.44. The zero-order valence-electron chi connectivity index (χ0n) is 13.1. The minimum atomic E-state index is 0.227. The first-order chi connectivity index (χ1) is 11.6. The molecule has 0 aliphatic heterocycles. The minimum Gasteiger partial charge on any atom is -0.439 e. The quantitative estimate of drug-likeness (QED) is 0.576. The minimum absolute atomic E-state index is 0.227. The van der Waals surface area contributed by atoms with Crippen LogP contribution in [0.5, 0.6) is 11.6 Å².